The van der Waals surface area contributed by atoms with Crippen molar-refractivity contribution in [2.45, 2.75) is 12.5 Å². The standard InChI is InChI=1S/C19H18Cl2N2O3/c1-25-17-8-7-12(9-18(17)26-2)16-10-15(22-23(16)19(24)11-20)13-5-3-4-6-14(13)21/h3-9,16H,10-11H2,1-2H3. The Bertz CT molecular complexity index is 854. The van der Waals surface area contributed by atoms with Crippen molar-refractivity contribution in [2.75, 3.05) is 20.1 Å². The summed E-state index contributed by atoms with van der Waals surface area (Å²) in [6.07, 6.45) is 0.530. The lowest BCUT2D eigenvalue weighted by atomic mass is 9.98. The van der Waals surface area contributed by atoms with Gasteiger partial charge in [-0.1, -0.05) is 35.9 Å². The summed E-state index contributed by atoms with van der Waals surface area (Å²) in [5, 5.41) is 6.52. The molecule has 26 heavy (non-hydrogen) atoms. The van der Waals surface area contributed by atoms with Crippen molar-refractivity contribution in [3.8, 4) is 11.5 Å². The Labute approximate surface area is 162 Å². The van der Waals surface area contributed by atoms with Gasteiger partial charge >= 0.3 is 0 Å². The van der Waals surface area contributed by atoms with Crippen LogP contribution in [0.4, 0.5) is 0 Å². The van der Waals surface area contributed by atoms with Crippen molar-refractivity contribution >= 4 is 34.8 Å². The molecule has 0 radical (unpaired) electrons. The van der Waals surface area contributed by atoms with Crippen LogP contribution in [0.2, 0.25) is 5.02 Å². The second kappa shape index (κ2) is 7.98. The molecule has 0 saturated carbocycles. The number of ether oxygens (including phenoxy) is 2. The van der Waals surface area contributed by atoms with Gasteiger partial charge in [-0.15, -0.1) is 11.6 Å². The Morgan fingerprint density at radius 2 is 1.92 bits per heavy atom. The number of nitrogens with zero attached hydrogens (tertiary/aromatic N) is 2. The largest absolute Gasteiger partial charge is 0.493 e. The van der Waals surface area contributed by atoms with E-state index in [0.717, 1.165) is 16.8 Å². The van der Waals surface area contributed by atoms with Crippen LogP contribution in [0, 0.1) is 0 Å². The zero-order valence-electron chi connectivity index (χ0n) is 14.4. The summed E-state index contributed by atoms with van der Waals surface area (Å²) >= 11 is 12.1. The van der Waals surface area contributed by atoms with Gasteiger partial charge in [0.15, 0.2) is 11.5 Å². The average molecular weight is 393 g/mol. The molecule has 5 nitrogen and oxygen atoms in total. The van der Waals surface area contributed by atoms with Gasteiger partial charge < -0.3 is 9.47 Å². The highest BCUT2D eigenvalue weighted by molar-refractivity contribution is 6.34. The molecule has 1 amide bonds. The molecule has 1 atom stereocenters. The lowest BCUT2D eigenvalue weighted by Gasteiger charge is -2.22. The molecular weight excluding hydrogens is 375 g/mol. The van der Waals surface area contributed by atoms with Crippen LogP contribution in [0.1, 0.15) is 23.6 Å². The van der Waals surface area contributed by atoms with Gasteiger partial charge in [-0.25, -0.2) is 5.01 Å². The highest BCUT2D eigenvalue weighted by Crippen LogP contribution is 2.38. The van der Waals surface area contributed by atoms with Gasteiger partial charge in [0.1, 0.15) is 5.88 Å². The first-order valence-electron chi connectivity index (χ1n) is 8.01. The fourth-order valence-electron chi connectivity index (χ4n) is 2.98. The van der Waals surface area contributed by atoms with Gasteiger partial charge in [-0.05, 0) is 23.8 Å². The number of benzene rings is 2. The fourth-order valence-corrected chi connectivity index (χ4v) is 3.35. The van der Waals surface area contributed by atoms with Crippen molar-refractivity contribution in [2.24, 2.45) is 5.10 Å². The number of halogens is 2. The van der Waals surface area contributed by atoms with Crippen molar-refractivity contribution in [3.63, 3.8) is 0 Å². The van der Waals surface area contributed by atoms with E-state index in [9.17, 15) is 4.79 Å². The molecule has 0 aliphatic carbocycles. The van der Waals surface area contributed by atoms with Gasteiger partial charge in [0, 0.05) is 17.0 Å². The van der Waals surface area contributed by atoms with Crippen molar-refractivity contribution < 1.29 is 14.3 Å². The minimum Gasteiger partial charge on any atom is -0.493 e. The normalized spacial score (nSPS) is 16.4. The summed E-state index contributed by atoms with van der Waals surface area (Å²) in [6, 6.07) is 12.7. The number of carbonyl (C=O) groups excluding carboxylic acids is 1. The molecule has 0 saturated heterocycles. The molecule has 7 heteroatoms. The quantitative estimate of drug-likeness (QED) is 0.713. The molecule has 1 unspecified atom stereocenters. The molecule has 0 aromatic heterocycles. The third-order valence-corrected chi connectivity index (χ3v) is 4.82. The topological polar surface area (TPSA) is 51.1 Å². The number of methoxy groups -OCH3 is 2. The molecule has 2 aromatic carbocycles. The molecule has 0 N–H and O–H groups in total. The summed E-state index contributed by atoms with van der Waals surface area (Å²) in [5.41, 5.74) is 2.44. The Balaban J connectivity index is 1.99. The Morgan fingerprint density at radius 1 is 1.19 bits per heavy atom. The maximum atomic E-state index is 12.3. The van der Waals surface area contributed by atoms with E-state index in [0.29, 0.717) is 22.9 Å². The van der Waals surface area contributed by atoms with E-state index in [1.54, 1.807) is 20.3 Å². The molecule has 0 bridgehead atoms. The van der Waals surface area contributed by atoms with Gasteiger partial charge in [0.2, 0.25) is 0 Å². The molecule has 136 valence electrons. The highest BCUT2D eigenvalue weighted by Gasteiger charge is 2.33. The zero-order valence-corrected chi connectivity index (χ0v) is 15.9. The third-order valence-electron chi connectivity index (χ3n) is 4.26. The molecule has 1 aliphatic heterocycles. The third kappa shape index (κ3) is 3.50. The molecular formula is C19H18Cl2N2O3. The Hall–Kier alpha value is -2.24. The maximum absolute atomic E-state index is 12.3. The summed E-state index contributed by atoms with van der Waals surface area (Å²) in [6.45, 7) is 0. The van der Waals surface area contributed by atoms with E-state index in [4.69, 9.17) is 32.7 Å². The predicted octanol–water partition coefficient (Wildman–Crippen LogP) is 4.27. The lowest BCUT2D eigenvalue weighted by molar-refractivity contribution is -0.130. The Kier molecular flexibility index (Phi) is 5.69. The fraction of sp³-hybridized carbons (Fsp3) is 0.263. The number of hydrogen-bond donors (Lipinski definition) is 0. The summed E-state index contributed by atoms with van der Waals surface area (Å²) in [7, 11) is 3.15. The van der Waals surface area contributed by atoms with Crippen LogP contribution in [0.3, 0.4) is 0 Å². The van der Waals surface area contributed by atoms with Crippen LogP contribution in [0.15, 0.2) is 47.6 Å². The van der Waals surface area contributed by atoms with Gasteiger partial charge in [0.05, 0.1) is 26.0 Å². The van der Waals surface area contributed by atoms with Crippen molar-refractivity contribution in [3.05, 3.63) is 58.6 Å². The highest BCUT2D eigenvalue weighted by atomic mass is 35.5. The average Bonchev–Trinajstić information content (AvgIpc) is 3.12. The van der Waals surface area contributed by atoms with Crippen LogP contribution >= 0.6 is 23.2 Å². The van der Waals surface area contributed by atoms with E-state index in [1.165, 1.54) is 5.01 Å². The van der Waals surface area contributed by atoms with Crippen LogP contribution in [-0.2, 0) is 4.79 Å². The van der Waals surface area contributed by atoms with Crippen molar-refractivity contribution in [1.82, 2.24) is 5.01 Å². The van der Waals surface area contributed by atoms with E-state index in [-0.39, 0.29) is 17.8 Å². The minimum atomic E-state index is -0.285. The van der Waals surface area contributed by atoms with E-state index in [2.05, 4.69) is 5.10 Å². The number of amides is 1. The first kappa shape index (κ1) is 18.5. The van der Waals surface area contributed by atoms with E-state index in [1.807, 2.05) is 36.4 Å². The molecule has 3 rings (SSSR count). The Morgan fingerprint density at radius 3 is 2.58 bits per heavy atom. The zero-order chi connectivity index (χ0) is 18.7. The SMILES string of the molecule is COc1ccc(C2CC(c3ccccc3Cl)=NN2C(=O)CCl)cc1OC. The van der Waals surface area contributed by atoms with E-state index < -0.39 is 0 Å². The number of carbonyl (C=O) groups is 1. The maximum Gasteiger partial charge on any atom is 0.258 e. The predicted molar refractivity (Wildman–Crippen MR) is 102 cm³/mol. The van der Waals surface area contributed by atoms with Crippen molar-refractivity contribution in [1.29, 1.82) is 0 Å². The molecule has 0 spiro atoms. The summed E-state index contributed by atoms with van der Waals surface area (Å²) in [5.74, 6) is 0.794. The first-order valence-corrected chi connectivity index (χ1v) is 8.92. The van der Waals surface area contributed by atoms with Gasteiger partial charge in [-0.2, -0.15) is 5.10 Å². The molecule has 2 aromatic rings. The molecule has 1 heterocycles. The van der Waals surface area contributed by atoms with Crippen LogP contribution in [-0.4, -0.2) is 36.7 Å². The van der Waals surface area contributed by atoms with Crippen LogP contribution in [0.25, 0.3) is 0 Å². The van der Waals surface area contributed by atoms with Crippen LogP contribution in [0.5, 0.6) is 11.5 Å². The first-order chi connectivity index (χ1) is 12.6. The second-order valence-corrected chi connectivity index (χ2v) is 6.41. The smallest absolute Gasteiger partial charge is 0.258 e. The number of rotatable bonds is 5. The molecule has 0 fully saturated rings. The van der Waals surface area contributed by atoms with Gasteiger partial charge in [0.25, 0.3) is 5.91 Å². The monoisotopic (exact) mass is 392 g/mol. The molecule has 1 aliphatic rings. The van der Waals surface area contributed by atoms with Crippen LogP contribution < -0.4 is 9.47 Å². The van der Waals surface area contributed by atoms with E-state index >= 15 is 0 Å². The number of hydrazone groups is 1. The second-order valence-electron chi connectivity index (χ2n) is 5.73. The minimum absolute atomic E-state index is 0.150. The van der Waals surface area contributed by atoms with Gasteiger partial charge in [-0.3, -0.25) is 4.79 Å². The number of hydrogen-bond acceptors (Lipinski definition) is 4. The lowest BCUT2D eigenvalue weighted by Crippen LogP contribution is -2.28. The summed E-state index contributed by atoms with van der Waals surface area (Å²) < 4.78 is 10.7. The number of alkyl halides is 1. The summed E-state index contributed by atoms with van der Waals surface area (Å²) in [4.78, 5) is 12.3.